The minimum atomic E-state index is -0.391. The van der Waals surface area contributed by atoms with E-state index in [0.29, 0.717) is 23.9 Å². The Bertz CT molecular complexity index is 732. The van der Waals surface area contributed by atoms with Crippen LogP contribution < -0.4 is 10.6 Å². The molecule has 1 aliphatic heterocycles. The number of hydrogen-bond donors (Lipinski definition) is 2. The number of carbonyl (C=O) groups excluding carboxylic acids is 1. The molecule has 1 aromatic heterocycles. The smallest absolute Gasteiger partial charge is 0.270 e. The predicted octanol–water partition coefficient (Wildman–Crippen LogP) is 2.58. The first-order chi connectivity index (χ1) is 11.6. The van der Waals surface area contributed by atoms with Gasteiger partial charge in [0, 0.05) is 19.2 Å². The van der Waals surface area contributed by atoms with Crippen LogP contribution in [0.4, 0.5) is 15.9 Å². The summed E-state index contributed by atoms with van der Waals surface area (Å²) in [4.78, 5) is 20.6. The molecule has 2 aromatic rings. The highest BCUT2D eigenvalue weighted by atomic mass is 19.1. The van der Waals surface area contributed by atoms with Gasteiger partial charge in [-0.15, -0.1) is 0 Å². The zero-order chi connectivity index (χ0) is 16.9. The molecule has 1 fully saturated rings. The van der Waals surface area contributed by atoms with Gasteiger partial charge in [0.05, 0.1) is 11.8 Å². The highest BCUT2D eigenvalue weighted by Crippen LogP contribution is 2.18. The quantitative estimate of drug-likeness (QED) is 0.881. The molecule has 7 heteroatoms. The van der Waals surface area contributed by atoms with Gasteiger partial charge in [-0.2, -0.15) is 0 Å². The van der Waals surface area contributed by atoms with Crippen LogP contribution in [0.3, 0.4) is 0 Å². The van der Waals surface area contributed by atoms with Crippen LogP contribution in [-0.2, 0) is 4.74 Å². The molecule has 0 saturated carbocycles. The summed E-state index contributed by atoms with van der Waals surface area (Å²) in [5, 5.41) is 5.69. The number of ether oxygens (including phenoxy) is 1. The minimum Gasteiger partial charge on any atom is -0.376 e. The lowest BCUT2D eigenvalue weighted by Gasteiger charge is -2.12. The number of benzene rings is 1. The largest absolute Gasteiger partial charge is 0.376 e. The molecule has 2 N–H and O–H groups in total. The Kier molecular flexibility index (Phi) is 5.00. The second-order valence-corrected chi connectivity index (χ2v) is 5.64. The van der Waals surface area contributed by atoms with Crippen LogP contribution in [0.5, 0.6) is 0 Å². The molecule has 24 heavy (non-hydrogen) atoms. The van der Waals surface area contributed by atoms with Gasteiger partial charge in [0.15, 0.2) is 0 Å². The summed E-state index contributed by atoms with van der Waals surface area (Å²) < 4.78 is 19.2. The van der Waals surface area contributed by atoms with Gasteiger partial charge in [0.2, 0.25) is 0 Å². The first kappa shape index (κ1) is 16.3. The number of aromatic nitrogens is 2. The maximum atomic E-state index is 13.7. The van der Waals surface area contributed by atoms with Crippen LogP contribution >= 0.6 is 0 Å². The monoisotopic (exact) mass is 330 g/mol. The van der Waals surface area contributed by atoms with Crippen molar-refractivity contribution in [2.24, 2.45) is 0 Å². The molecule has 2 heterocycles. The molecule has 1 aromatic carbocycles. The van der Waals surface area contributed by atoms with Crippen LogP contribution in [-0.4, -0.2) is 35.1 Å². The Balaban J connectivity index is 1.71. The van der Waals surface area contributed by atoms with E-state index < -0.39 is 5.82 Å². The Labute approximate surface area is 139 Å². The summed E-state index contributed by atoms with van der Waals surface area (Å²) in [7, 11) is 0. The molecule has 0 spiro atoms. The number of nitrogens with zero attached hydrogens (tertiary/aromatic N) is 2. The average Bonchev–Trinajstić information content (AvgIpc) is 3.08. The molecular formula is C17H19FN4O2. The zero-order valence-electron chi connectivity index (χ0n) is 13.4. The summed E-state index contributed by atoms with van der Waals surface area (Å²) in [5.41, 5.74) is 0.528. The molecule has 1 saturated heterocycles. The van der Waals surface area contributed by atoms with Crippen LogP contribution in [0.15, 0.2) is 30.3 Å². The minimum absolute atomic E-state index is 0.0629. The number of amides is 1. The fourth-order valence-corrected chi connectivity index (χ4v) is 2.55. The van der Waals surface area contributed by atoms with Gasteiger partial charge >= 0.3 is 0 Å². The van der Waals surface area contributed by atoms with E-state index in [9.17, 15) is 9.18 Å². The van der Waals surface area contributed by atoms with Crippen molar-refractivity contribution >= 4 is 17.4 Å². The molecule has 0 radical (unpaired) electrons. The first-order valence-electron chi connectivity index (χ1n) is 7.89. The fraction of sp³-hybridized carbons (Fsp3) is 0.353. The van der Waals surface area contributed by atoms with Crippen molar-refractivity contribution in [3.63, 3.8) is 0 Å². The van der Waals surface area contributed by atoms with Gasteiger partial charge < -0.3 is 15.4 Å². The van der Waals surface area contributed by atoms with E-state index in [1.807, 2.05) is 0 Å². The number of anilines is 2. The van der Waals surface area contributed by atoms with Crippen LogP contribution in [0.1, 0.15) is 29.2 Å². The number of nitrogens with one attached hydrogen (secondary N) is 2. The number of aryl methyl sites for hydroxylation is 1. The van der Waals surface area contributed by atoms with Crippen LogP contribution in [0.25, 0.3) is 0 Å². The van der Waals surface area contributed by atoms with E-state index >= 15 is 0 Å². The van der Waals surface area contributed by atoms with Crippen molar-refractivity contribution in [2.75, 3.05) is 18.5 Å². The highest BCUT2D eigenvalue weighted by molar-refractivity contribution is 5.93. The third kappa shape index (κ3) is 4.05. The van der Waals surface area contributed by atoms with Gasteiger partial charge in [-0.3, -0.25) is 4.79 Å². The van der Waals surface area contributed by atoms with E-state index in [1.54, 1.807) is 25.1 Å². The third-order valence-electron chi connectivity index (χ3n) is 3.72. The lowest BCUT2D eigenvalue weighted by atomic mass is 10.2. The fourth-order valence-electron chi connectivity index (χ4n) is 2.55. The highest BCUT2D eigenvalue weighted by Gasteiger charge is 2.18. The summed E-state index contributed by atoms with van der Waals surface area (Å²) in [6, 6.07) is 7.78. The molecule has 1 amide bonds. The van der Waals surface area contributed by atoms with Crippen LogP contribution in [0, 0.1) is 12.7 Å². The molecule has 1 atom stereocenters. The molecule has 1 aliphatic rings. The van der Waals surface area contributed by atoms with Crippen LogP contribution in [0.2, 0.25) is 0 Å². The number of hydrogen-bond acceptors (Lipinski definition) is 5. The van der Waals surface area contributed by atoms with Crippen molar-refractivity contribution in [1.29, 1.82) is 0 Å². The molecule has 0 bridgehead atoms. The van der Waals surface area contributed by atoms with E-state index in [0.717, 1.165) is 19.4 Å². The summed E-state index contributed by atoms with van der Waals surface area (Å²) >= 11 is 0. The second kappa shape index (κ2) is 7.35. The zero-order valence-corrected chi connectivity index (χ0v) is 13.4. The van der Waals surface area contributed by atoms with E-state index in [1.165, 1.54) is 12.1 Å². The Morgan fingerprint density at radius 2 is 2.21 bits per heavy atom. The summed E-state index contributed by atoms with van der Waals surface area (Å²) in [5.74, 6) is 0.110. The average molecular weight is 330 g/mol. The predicted molar refractivity (Wildman–Crippen MR) is 87.8 cm³/mol. The number of halogens is 1. The van der Waals surface area contributed by atoms with Gasteiger partial charge in [-0.1, -0.05) is 12.1 Å². The van der Waals surface area contributed by atoms with Crippen molar-refractivity contribution < 1.29 is 13.9 Å². The van der Waals surface area contributed by atoms with E-state index in [-0.39, 0.29) is 17.7 Å². The number of para-hydroxylation sites is 1. The van der Waals surface area contributed by atoms with Crippen molar-refractivity contribution in [3.05, 3.63) is 47.7 Å². The SMILES string of the molecule is Cc1nc(Nc2ccccc2F)cc(C(=O)NCC2CCCO2)n1. The number of carbonyl (C=O) groups is 1. The molecule has 3 rings (SSSR count). The Morgan fingerprint density at radius 1 is 1.38 bits per heavy atom. The Hall–Kier alpha value is -2.54. The van der Waals surface area contributed by atoms with Gasteiger partial charge in [-0.05, 0) is 31.9 Å². The molecule has 126 valence electrons. The molecule has 1 unspecified atom stereocenters. The topological polar surface area (TPSA) is 76.1 Å². The lowest BCUT2D eigenvalue weighted by molar-refractivity contribution is 0.0853. The lowest BCUT2D eigenvalue weighted by Crippen LogP contribution is -2.32. The third-order valence-corrected chi connectivity index (χ3v) is 3.72. The molecule has 0 aliphatic carbocycles. The molecule has 6 nitrogen and oxygen atoms in total. The summed E-state index contributed by atoms with van der Waals surface area (Å²) in [6.45, 7) is 2.88. The maximum Gasteiger partial charge on any atom is 0.270 e. The normalized spacial score (nSPS) is 16.8. The first-order valence-corrected chi connectivity index (χ1v) is 7.89. The van der Waals surface area contributed by atoms with Gasteiger partial charge in [-0.25, -0.2) is 14.4 Å². The van der Waals surface area contributed by atoms with Crippen molar-refractivity contribution in [3.8, 4) is 0 Å². The van der Waals surface area contributed by atoms with Gasteiger partial charge in [0.1, 0.15) is 23.2 Å². The maximum absolute atomic E-state index is 13.7. The number of rotatable bonds is 5. The van der Waals surface area contributed by atoms with Crippen molar-refractivity contribution in [2.45, 2.75) is 25.9 Å². The van der Waals surface area contributed by atoms with E-state index in [4.69, 9.17) is 4.74 Å². The van der Waals surface area contributed by atoms with Crippen molar-refractivity contribution in [1.82, 2.24) is 15.3 Å². The standard InChI is InChI=1S/C17H19FN4O2/c1-11-20-15(17(23)19-10-12-5-4-8-24-12)9-16(21-11)22-14-7-3-2-6-13(14)18/h2-3,6-7,9,12H,4-5,8,10H2,1H3,(H,19,23)(H,20,21,22). The van der Waals surface area contributed by atoms with E-state index in [2.05, 4.69) is 20.6 Å². The molecular weight excluding hydrogens is 311 g/mol. The second-order valence-electron chi connectivity index (χ2n) is 5.64. The Morgan fingerprint density at radius 3 is 2.96 bits per heavy atom. The van der Waals surface area contributed by atoms with Gasteiger partial charge in [0.25, 0.3) is 5.91 Å². The summed E-state index contributed by atoms with van der Waals surface area (Å²) in [6.07, 6.45) is 2.03.